The van der Waals surface area contributed by atoms with Gasteiger partial charge in [0.15, 0.2) is 0 Å². The molecule has 1 N–H and O–H groups in total. The minimum Gasteiger partial charge on any atom is -0.391 e. The molecule has 0 aromatic carbocycles. The lowest BCUT2D eigenvalue weighted by atomic mass is 10.3. The van der Waals surface area contributed by atoms with Gasteiger partial charge in [0.25, 0.3) is 10.1 Å². The fourth-order valence-corrected chi connectivity index (χ4v) is 2.00. The number of rotatable bonds is 2. The quantitative estimate of drug-likeness (QED) is 0.670. The second kappa shape index (κ2) is 6.51. The molecule has 0 aliphatic carbocycles. The first-order valence-corrected chi connectivity index (χ1v) is 7.01. The molecule has 0 saturated carbocycles. The fraction of sp³-hybridized carbons (Fsp3) is 1.00. The number of aliphatic hydroxyl groups is 1. The summed E-state index contributed by atoms with van der Waals surface area (Å²) in [5.74, 6) is 0. The molecule has 0 amide bonds. The molecule has 2 rings (SSSR count). The Balaban J connectivity index is 0.000000181. The van der Waals surface area contributed by atoms with Crippen molar-refractivity contribution in [2.75, 3.05) is 32.7 Å². The summed E-state index contributed by atoms with van der Waals surface area (Å²) in [5.41, 5.74) is 0. The Labute approximate surface area is 95.6 Å². The molecule has 2 atom stereocenters. The smallest absolute Gasteiger partial charge is 0.264 e. The van der Waals surface area contributed by atoms with Gasteiger partial charge < -0.3 is 14.6 Å². The number of hydrogen-bond donors (Lipinski definition) is 1. The summed E-state index contributed by atoms with van der Waals surface area (Å²) in [6.45, 7) is 2.27. The highest BCUT2D eigenvalue weighted by Crippen LogP contribution is 2.09. The van der Waals surface area contributed by atoms with Crippen molar-refractivity contribution in [3.05, 3.63) is 0 Å². The highest BCUT2D eigenvalue weighted by atomic mass is 32.2. The van der Waals surface area contributed by atoms with Gasteiger partial charge in [-0.2, -0.15) is 8.42 Å². The highest BCUT2D eigenvalue weighted by Gasteiger charge is 2.20. The van der Waals surface area contributed by atoms with Gasteiger partial charge in [-0.3, -0.25) is 4.18 Å². The van der Waals surface area contributed by atoms with Gasteiger partial charge >= 0.3 is 0 Å². The van der Waals surface area contributed by atoms with Crippen molar-refractivity contribution in [1.82, 2.24) is 0 Å². The summed E-state index contributed by atoms with van der Waals surface area (Å²) < 4.78 is 35.4. The predicted octanol–water partition coefficient (Wildman–Crippen LogP) is -0.481. The van der Waals surface area contributed by atoms with E-state index in [9.17, 15) is 8.42 Å². The van der Waals surface area contributed by atoms with Gasteiger partial charge in [-0.1, -0.05) is 0 Å². The third-order valence-electron chi connectivity index (χ3n) is 2.10. The topological polar surface area (TPSA) is 82.1 Å². The molecule has 0 bridgehead atoms. The van der Waals surface area contributed by atoms with Gasteiger partial charge in [0.05, 0.1) is 25.6 Å². The molecule has 2 saturated heterocycles. The lowest BCUT2D eigenvalue weighted by molar-refractivity contribution is 0.127. The van der Waals surface area contributed by atoms with E-state index in [0.29, 0.717) is 26.2 Å². The van der Waals surface area contributed by atoms with E-state index in [2.05, 4.69) is 4.18 Å². The van der Waals surface area contributed by atoms with Crippen LogP contribution in [0.1, 0.15) is 12.8 Å². The normalized spacial score (nSPS) is 29.9. The van der Waals surface area contributed by atoms with Crippen LogP contribution in [0.5, 0.6) is 0 Å². The van der Waals surface area contributed by atoms with Gasteiger partial charge in [-0.15, -0.1) is 0 Å². The maximum atomic E-state index is 10.5. The van der Waals surface area contributed by atoms with Crippen molar-refractivity contribution in [3.63, 3.8) is 0 Å². The van der Waals surface area contributed by atoms with Crippen LogP contribution in [0.15, 0.2) is 0 Å². The van der Waals surface area contributed by atoms with Crippen LogP contribution in [-0.2, 0) is 23.8 Å². The fourth-order valence-electron chi connectivity index (χ4n) is 1.36. The zero-order valence-corrected chi connectivity index (χ0v) is 10.1. The average molecular weight is 254 g/mol. The molecular weight excluding hydrogens is 236 g/mol. The Kier molecular flexibility index (Phi) is 5.63. The number of hydrogen-bond acceptors (Lipinski definition) is 6. The second-order valence-electron chi connectivity index (χ2n) is 3.80. The van der Waals surface area contributed by atoms with E-state index in [1.54, 1.807) is 0 Å². The van der Waals surface area contributed by atoms with E-state index >= 15 is 0 Å². The predicted molar refractivity (Wildman–Crippen MR) is 56.6 cm³/mol. The van der Waals surface area contributed by atoms with Crippen LogP contribution in [0.2, 0.25) is 0 Å². The van der Waals surface area contributed by atoms with Crippen LogP contribution in [0.4, 0.5) is 0 Å². The van der Waals surface area contributed by atoms with Gasteiger partial charge in [0.2, 0.25) is 0 Å². The Morgan fingerprint density at radius 2 is 1.81 bits per heavy atom. The van der Waals surface area contributed by atoms with E-state index in [1.807, 2.05) is 0 Å². The molecule has 0 aromatic heterocycles. The van der Waals surface area contributed by atoms with Crippen LogP contribution < -0.4 is 0 Å². The molecule has 2 heterocycles. The SMILES string of the molecule is CS(=O)(=O)O[C@H]1CCOC1.O[C@H]1CCOC1. The number of aliphatic hydroxyl groups excluding tert-OH is 1. The van der Waals surface area contributed by atoms with Crippen molar-refractivity contribution in [2.24, 2.45) is 0 Å². The molecule has 2 aliphatic rings. The molecule has 0 radical (unpaired) electrons. The van der Waals surface area contributed by atoms with Crippen LogP contribution in [0.3, 0.4) is 0 Å². The molecule has 0 unspecified atom stereocenters. The van der Waals surface area contributed by atoms with Crippen molar-refractivity contribution < 1.29 is 27.2 Å². The minimum atomic E-state index is -3.29. The minimum absolute atomic E-state index is 0.176. The van der Waals surface area contributed by atoms with Crippen LogP contribution >= 0.6 is 0 Å². The van der Waals surface area contributed by atoms with Crippen LogP contribution in [0.25, 0.3) is 0 Å². The molecule has 16 heavy (non-hydrogen) atoms. The second-order valence-corrected chi connectivity index (χ2v) is 5.40. The Morgan fingerprint density at radius 1 is 1.19 bits per heavy atom. The average Bonchev–Trinajstić information content (AvgIpc) is 2.76. The zero-order chi connectivity index (χ0) is 12.0. The van der Waals surface area contributed by atoms with Crippen molar-refractivity contribution in [2.45, 2.75) is 25.0 Å². The maximum Gasteiger partial charge on any atom is 0.264 e. The van der Waals surface area contributed by atoms with Crippen molar-refractivity contribution in [3.8, 4) is 0 Å². The van der Waals surface area contributed by atoms with E-state index < -0.39 is 10.1 Å². The van der Waals surface area contributed by atoms with Gasteiger partial charge in [0.1, 0.15) is 6.10 Å². The Morgan fingerprint density at radius 3 is 2.12 bits per heavy atom. The van der Waals surface area contributed by atoms with E-state index in [-0.39, 0.29) is 12.2 Å². The molecular formula is C9H18O6S. The first-order valence-electron chi connectivity index (χ1n) is 5.19. The van der Waals surface area contributed by atoms with Gasteiger partial charge in [-0.05, 0) is 6.42 Å². The summed E-state index contributed by atoms with van der Waals surface area (Å²) >= 11 is 0. The summed E-state index contributed by atoms with van der Waals surface area (Å²) in [5, 5.41) is 8.60. The molecule has 96 valence electrons. The lowest BCUT2D eigenvalue weighted by Crippen LogP contribution is -2.16. The first-order chi connectivity index (χ1) is 7.47. The summed E-state index contributed by atoms with van der Waals surface area (Å²) in [6.07, 6.45) is 2.11. The Hall–Kier alpha value is -0.210. The zero-order valence-electron chi connectivity index (χ0n) is 9.29. The molecule has 0 spiro atoms. The third-order valence-corrected chi connectivity index (χ3v) is 2.73. The molecule has 2 fully saturated rings. The molecule has 2 aliphatic heterocycles. The lowest BCUT2D eigenvalue weighted by Gasteiger charge is -2.04. The highest BCUT2D eigenvalue weighted by molar-refractivity contribution is 7.86. The summed E-state index contributed by atoms with van der Waals surface area (Å²) in [4.78, 5) is 0. The monoisotopic (exact) mass is 254 g/mol. The van der Waals surface area contributed by atoms with E-state index in [0.717, 1.165) is 19.3 Å². The third kappa shape index (κ3) is 6.39. The summed E-state index contributed by atoms with van der Waals surface area (Å²) in [6, 6.07) is 0. The standard InChI is InChI=1S/C5H10O4S.C4H8O2/c1-10(6,7)9-5-2-3-8-4-5;5-4-1-2-6-3-4/h5H,2-4H2,1H3;4-5H,1-3H2/t5-;4-/m00/s1. The van der Waals surface area contributed by atoms with Crippen molar-refractivity contribution >= 4 is 10.1 Å². The summed E-state index contributed by atoms with van der Waals surface area (Å²) in [7, 11) is -3.29. The largest absolute Gasteiger partial charge is 0.391 e. The van der Waals surface area contributed by atoms with Gasteiger partial charge in [0, 0.05) is 19.6 Å². The van der Waals surface area contributed by atoms with Crippen molar-refractivity contribution in [1.29, 1.82) is 0 Å². The van der Waals surface area contributed by atoms with E-state index in [4.69, 9.17) is 14.6 Å². The number of ether oxygens (including phenoxy) is 2. The molecule has 0 aromatic rings. The first kappa shape index (κ1) is 13.9. The maximum absolute atomic E-state index is 10.5. The van der Waals surface area contributed by atoms with Crippen LogP contribution in [0, 0.1) is 0 Å². The molecule has 6 nitrogen and oxygen atoms in total. The van der Waals surface area contributed by atoms with Gasteiger partial charge in [-0.25, -0.2) is 0 Å². The Bertz CT molecular complexity index is 276. The molecule has 7 heteroatoms. The van der Waals surface area contributed by atoms with Crippen LogP contribution in [-0.4, -0.2) is 58.4 Å². The van der Waals surface area contributed by atoms with E-state index in [1.165, 1.54) is 0 Å².